The summed E-state index contributed by atoms with van der Waals surface area (Å²) >= 11 is 0. The molecule has 1 saturated carbocycles. The van der Waals surface area contributed by atoms with Crippen LogP contribution in [0.3, 0.4) is 0 Å². The van der Waals surface area contributed by atoms with E-state index < -0.39 is 0 Å². The van der Waals surface area contributed by atoms with Gasteiger partial charge in [0, 0.05) is 6.54 Å². The first-order valence-corrected chi connectivity index (χ1v) is 9.78. The molecule has 1 aliphatic carbocycles. The first kappa shape index (κ1) is 20.3. The zero-order valence-electron chi connectivity index (χ0n) is 15.2. The number of carbonyl (C=O) groups is 1. The molecule has 1 saturated heterocycles. The molecule has 4 heteroatoms. The molecule has 2 fully saturated rings. The third-order valence-corrected chi connectivity index (χ3v) is 5.60. The summed E-state index contributed by atoms with van der Waals surface area (Å²) in [6, 6.07) is 10.3. The largest absolute Gasteiger partial charge is 0.465 e. The van der Waals surface area contributed by atoms with E-state index in [1.807, 2.05) is 18.2 Å². The molecule has 25 heavy (non-hydrogen) atoms. The number of carbonyl (C=O) groups excluding carboxylic acids is 1. The second-order valence-corrected chi connectivity index (χ2v) is 7.36. The van der Waals surface area contributed by atoms with Crippen molar-refractivity contribution in [3.63, 3.8) is 0 Å². The summed E-state index contributed by atoms with van der Waals surface area (Å²) in [5, 5.41) is 0. The highest BCUT2D eigenvalue weighted by molar-refractivity contribution is 5.85. The SMILES string of the molecule is Cl.O=C(OCCCN1CCCC1)C(c1ccccc1)C1CCCCC1. The highest BCUT2D eigenvalue weighted by Crippen LogP contribution is 2.36. The third-order valence-electron chi connectivity index (χ3n) is 5.60. The van der Waals surface area contributed by atoms with Crippen molar-refractivity contribution in [3.05, 3.63) is 35.9 Å². The maximum Gasteiger partial charge on any atom is 0.313 e. The Balaban J connectivity index is 0.00000225. The van der Waals surface area contributed by atoms with Gasteiger partial charge in [-0.3, -0.25) is 4.79 Å². The summed E-state index contributed by atoms with van der Waals surface area (Å²) in [6.07, 6.45) is 9.70. The molecule has 0 amide bonds. The summed E-state index contributed by atoms with van der Waals surface area (Å²) in [5.74, 6) is 0.375. The van der Waals surface area contributed by atoms with E-state index in [1.165, 1.54) is 45.2 Å². The van der Waals surface area contributed by atoms with Gasteiger partial charge in [0.2, 0.25) is 0 Å². The van der Waals surface area contributed by atoms with Crippen LogP contribution in [0.2, 0.25) is 0 Å². The minimum absolute atomic E-state index is 0. The molecule has 140 valence electrons. The van der Waals surface area contributed by atoms with Crippen LogP contribution in [-0.2, 0) is 9.53 Å². The highest BCUT2D eigenvalue weighted by atomic mass is 35.5. The van der Waals surface area contributed by atoms with Gasteiger partial charge in [0.1, 0.15) is 0 Å². The standard InChI is InChI=1S/C21H31NO2.ClH/c23-21(24-17-9-16-22-14-7-8-15-22)20(18-10-3-1-4-11-18)19-12-5-2-6-13-19;/h1,3-4,10-11,19-20H,2,5-9,12-17H2;1H. The molecule has 0 bridgehead atoms. The molecule has 2 aliphatic rings. The van der Waals surface area contributed by atoms with E-state index in [9.17, 15) is 4.79 Å². The molecule has 1 unspecified atom stereocenters. The number of nitrogens with zero attached hydrogens (tertiary/aromatic N) is 1. The minimum atomic E-state index is -0.0710. The molecule has 0 N–H and O–H groups in total. The van der Waals surface area contributed by atoms with Crippen LogP contribution in [0.5, 0.6) is 0 Å². The van der Waals surface area contributed by atoms with Crippen molar-refractivity contribution in [2.24, 2.45) is 5.92 Å². The molecule has 0 radical (unpaired) electrons. The molecule has 1 heterocycles. The van der Waals surface area contributed by atoms with Gasteiger partial charge in [0.05, 0.1) is 12.5 Å². The highest BCUT2D eigenvalue weighted by Gasteiger charge is 2.32. The van der Waals surface area contributed by atoms with Gasteiger partial charge < -0.3 is 9.64 Å². The van der Waals surface area contributed by atoms with Crippen LogP contribution in [0.25, 0.3) is 0 Å². The van der Waals surface area contributed by atoms with Crippen LogP contribution in [0.4, 0.5) is 0 Å². The average molecular weight is 366 g/mol. The number of hydrogen-bond donors (Lipinski definition) is 0. The Morgan fingerprint density at radius 2 is 1.72 bits per heavy atom. The topological polar surface area (TPSA) is 29.5 Å². The van der Waals surface area contributed by atoms with Gasteiger partial charge in [-0.15, -0.1) is 12.4 Å². The van der Waals surface area contributed by atoms with Crippen LogP contribution in [0, 0.1) is 5.92 Å². The lowest BCUT2D eigenvalue weighted by Gasteiger charge is -2.29. The fourth-order valence-corrected chi connectivity index (χ4v) is 4.29. The molecule has 0 spiro atoms. The first-order chi connectivity index (χ1) is 11.8. The third kappa shape index (κ3) is 6.00. The monoisotopic (exact) mass is 365 g/mol. The molecular formula is C21H32ClNO2. The van der Waals surface area contributed by atoms with Gasteiger partial charge >= 0.3 is 5.97 Å². The predicted octanol–water partition coefficient (Wildman–Crippen LogP) is 4.80. The second kappa shape index (κ2) is 10.8. The van der Waals surface area contributed by atoms with Crippen molar-refractivity contribution < 1.29 is 9.53 Å². The molecule has 3 nitrogen and oxygen atoms in total. The lowest BCUT2D eigenvalue weighted by molar-refractivity contribution is -0.147. The summed E-state index contributed by atoms with van der Waals surface area (Å²) < 4.78 is 5.71. The van der Waals surface area contributed by atoms with E-state index in [2.05, 4.69) is 17.0 Å². The number of benzene rings is 1. The Morgan fingerprint density at radius 1 is 1.04 bits per heavy atom. The molecule has 1 aromatic rings. The number of esters is 1. The molecule has 1 aromatic carbocycles. The van der Waals surface area contributed by atoms with Crippen LogP contribution < -0.4 is 0 Å². The number of ether oxygens (including phenoxy) is 1. The molecule has 0 aromatic heterocycles. The van der Waals surface area contributed by atoms with Gasteiger partial charge in [-0.2, -0.15) is 0 Å². The first-order valence-electron chi connectivity index (χ1n) is 9.78. The van der Waals surface area contributed by atoms with Gasteiger partial charge in [-0.25, -0.2) is 0 Å². The van der Waals surface area contributed by atoms with E-state index in [4.69, 9.17) is 4.74 Å². The van der Waals surface area contributed by atoms with Crippen molar-refractivity contribution in [3.8, 4) is 0 Å². The fourth-order valence-electron chi connectivity index (χ4n) is 4.29. The maximum atomic E-state index is 12.8. The van der Waals surface area contributed by atoms with Crippen LogP contribution in [0.1, 0.15) is 62.8 Å². The smallest absolute Gasteiger partial charge is 0.313 e. The van der Waals surface area contributed by atoms with Gasteiger partial charge in [-0.1, -0.05) is 49.6 Å². The lowest BCUT2D eigenvalue weighted by atomic mass is 9.77. The zero-order chi connectivity index (χ0) is 16.6. The normalized spacial score (nSPS) is 20.0. The maximum absolute atomic E-state index is 12.8. The van der Waals surface area contributed by atoms with Crippen LogP contribution >= 0.6 is 12.4 Å². The summed E-state index contributed by atoms with van der Waals surface area (Å²) in [7, 11) is 0. The van der Waals surface area contributed by atoms with Crippen molar-refractivity contribution in [1.82, 2.24) is 4.90 Å². The van der Waals surface area contributed by atoms with E-state index in [0.29, 0.717) is 12.5 Å². The van der Waals surface area contributed by atoms with Gasteiger partial charge in [-0.05, 0) is 56.7 Å². The van der Waals surface area contributed by atoms with E-state index in [0.717, 1.165) is 31.4 Å². The number of hydrogen-bond acceptors (Lipinski definition) is 3. The number of likely N-dealkylation sites (tertiary alicyclic amines) is 1. The Labute approximate surface area is 158 Å². The van der Waals surface area contributed by atoms with Gasteiger partial charge in [0.25, 0.3) is 0 Å². The Morgan fingerprint density at radius 3 is 2.40 bits per heavy atom. The van der Waals surface area contributed by atoms with Crippen molar-refractivity contribution in [1.29, 1.82) is 0 Å². The van der Waals surface area contributed by atoms with E-state index in [-0.39, 0.29) is 24.3 Å². The Kier molecular flexibility index (Phi) is 8.77. The quantitative estimate of drug-likeness (QED) is 0.513. The number of halogens is 1. The van der Waals surface area contributed by atoms with Crippen LogP contribution in [-0.4, -0.2) is 37.1 Å². The van der Waals surface area contributed by atoms with E-state index >= 15 is 0 Å². The van der Waals surface area contributed by atoms with Crippen LogP contribution in [0.15, 0.2) is 30.3 Å². The summed E-state index contributed by atoms with van der Waals surface area (Å²) in [4.78, 5) is 15.3. The van der Waals surface area contributed by atoms with E-state index in [1.54, 1.807) is 0 Å². The molecule has 1 aliphatic heterocycles. The van der Waals surface area contributed by atoms with Gasteiger partial charge in [0.15, 0.2) is 0 Å². The zero-order valence-corrected chi connectivity index (χ0v) is 16.0. The lowest BCUT2D eigenvalue weighted by Crippen LogP contribution is -2.27. The Bertz CT molecular complexity index is 496. The minimum Gasteiger partial charge on any atom is -0.465 e. The number of rotatable bonds is 7. The molecule has 1 atom stereocenters. The predicted molar refractivity (Wildman–Crippen MR) is 104 cm³/mol. The average Bonchev–Trinajstić information content (AvgIpc) is 3.14. The van der Waals surface area contributed by atoms with Crippen molar-refractivity contribution >= 4 is 18.4 Å². The van der Waals surface area contributed by atoms with Crippen molar-refractivity contribution in [2.75, 3.05) is 26.2 Å². The Hall–Kier alpha value is -1.06. The summed E-state index contributed by atoms with van der Waals surface area (Å²) in [5.41, 5.74) is 1.13. The summed E-state index contributed by atoms with van der Waals surface area (Å²) in [6.45, 7) is 4.05. The molecular weight excluding hydrogens is 334 g/mol. The molecule has 3 rings (SSSR count). The fraction of sp³-hybridized carbons (Fsp3) is 0.667. The van der Waals surface area contributed by atoms with Crippen molar-refractivity contribution in [2.45, 2.75) is 57.3 Å². The second-order valence-electron chi connectivity index (χ2n) is 7.36.